The number of carbonyl (C=O) groups is 1. The maximum atomic E-state index is 12.5. The third kappa shape index (κ3) is 5.72. The van der Waals surface area contributed by atoms with Crippen LogP contribution in [0.1, 0.15) is 5.56 Å². The van der Waals surface area contributed by atoms with Crippen molar-refractivity contribution in [3.8, 4) is 0 Å². The highest BCUT2D eigenvalue weighted by Crippen LogP contribution is 2.32. The number of benzene rings is 1. The summed E-state index contributed by atoms with van der Waals surface area (Å²) in [7, 11) is 0.0380. The quantitative estimate of drug-likeness (QED) is 0.779. The summed E-state index contributed by atoms with van der Waals surface area (Å²) in [5.74, 6) is -0.660. The molecule has 0 saturated heterocycles. The molecule has 1 unspecified atom stereocenters. The molecule has 1 rings (SSSR count). The van der Waals surface area contributed by atoms with E-state index < -0.39 is 28.4 Å². The highest BCUT2D eigenvalue weighted by molar-refractivity contribution is 7.85. The van der Waals surface area contributed by atoms with E-state index in [1.807, 2.05) is 0 Å². The molecule has 0 heterocycles. The summed E-state index contributed by atoms with van der Waals surface area (Å²) in [5, 5.41) is 2.33. The molecule has 1 aromatic carbocycles. The lowest BCUT2D eigenvalue weighted by Crippen LogP contribution is -2.22. The van der Waals surface area contributed by atoms with Crippen molar-refractivity contribution in [3.05, 3.63) is 23.8 Å². The van der Waals surface area contributed by atoms with Crippen LogP contribution in [0.25, 0.3) is 0 Å². The number of carbonyl (C=O) groups excluding carboxylic acids is 1. The summed E-state index contributed by atoms with van der Waals surface area (Å²) in [6.45, 7) is 0.252. The Kier molecular flexibility index (Phi) is 6.16. The Hall–Kier alpha value is -1.61. The minimum atomic E-state index is -4.50. The molecular weight excluding hydrogens is 309 g/mol. The van der Waals surface area contributed by atoms with Crippen LogP contribution in [-0.2, 0) is 26.5 Å². The van der Waals surface area contributed by atoms with E-state index in [1.165, 1.54) is 7.11 Å². The van der Waals surface area contributed by atoms with E-state index in [0.717, 1.165) is 18.2 Å². The standard InChI is InChI=1S/C12H15F3N2O3S/c1-20-4-5-21(19)7-11(18)17-10-3-2-8(6-9(10)16)12(13,14)15/h2-3,6H,4-5,7,16H2,1H3,(H,17,18). The number of methoxy groups -OCH3 is 1. The Morgan fingerprint density at radius 2 is 2.10 bits per heavy atom. The van der Waals surface area contributed by atoms with Crippen molar-refractivity contribution in [3.63, 3.8) is 0 Å². The van der Waals surface area contributed by atoms with Crippen molar-refractivity contribution >= 4 is 28.1 Å². The average molecular weight is 324 g/mol. The molecule has 118 valence electrons. The van der Waals surface area contributed by atoms with E-state index in [1.54, 1.807) is 0 Å². The minimum Gasteiger partial charge on any atom is -0.397 e. The Morgan fingerprint density at radius 3 is 2.62 bits per heavy atom. The van der Waals surface area contributed by atoms with E-state index in [-0.39, 0.29) is 29.5 Å². The van der Waals surface area contributed by atoms with Crippen LogP contribution in [-0.4, -0.2) is 35.3 Å². The second-order valence-corrected chi connectivity index (χ2v) is 5.71. The molecule has 0 saturated carbocycles. The van der Waals surface area contributed by atoms with Crippen LogP contribution in [0, 0.1) is 0 Å². The highest BCUT2D eigenvalue weighted by Gasteiger charge is 2.30. The summed E-state index contributed by atoms with van der Waals surface area (Å²) < 4.78 is 53.6. The number of nitrogens with one attached hydrogen (secondary N) is 1. The van der Waals surface area contributed by atoms with Gasteiger partial charge in [-0.1, -0.05) is 0 Å². The third-order valence-electron chi connectivity index (χ3n) is 2.46. The second kappa shape index (κ2) is 7.41. The van der Waals surface area contributed by atoms with Crippen molar-refractivity contribution in [2.45, 2.75) is 6.18 Å². The third-order valence-corrected chi connectivity index (χ3v) is 3.67. The van der Waals surface area contributed by atoms with E-state index in [0.29, 0.717) is 0 Å². The van der Waals surface area contributed by atoms with Crippen LogP contribution >= 0.6 is 0 Å². The molecule has 0 aliphatic rings. The van der Waals surface area contributed by atoms with Gasteiger partial charge < -0.3 is 15.8 Å². The molecular formula is C12H15F3N2O3S. The number of anilines is 2. The number of hydrogen-bond acceptors (Lipinski definition) is 4. The summed E-state index contributed by atoms with van der Waals surface area (Å²) in [5.41, 5.74) is 4.41. The van der Waals surface area contributed by atoms with Crippen LogP contribution in [0.5, 0.6) is 0 Å². The SMILES string of the molecule is COCCS(=O)CC(=O)Nc1ccc(C(F)(F)F)cc1N. The van der Waals surface area contributed by atoms with Gasteiger partial charge in [0.25, 0.3) is 0 Å². The van der Waals surface area contributed by atoms with Gasteiger partial charge in [-0.2, -0.15) is 13.2 Å². The molecule has 0 aliphatic carbocycles. The predicted octanol–water partition coefficient (Wildman–Crippen LogP) is 1.62. The fraction of sp³-hybridized carbons (Fsp3) is 0.417. The van der Waals surface area contributed by atoms with Crippen LogP contribution in [0.3, 0.4) is 0 Å². The number of amides is 1. The molecule has 0 fully saturated rings. The lowest BCUT2D eigenvalue weighted by molar-refractivity contribution is -0.137. The molecule has 5 nitrogen and oxygen atoms in total. The molecule has 1 aromatic rings. The van der Waals surface area contributed by atoms with Gasteiger partial charge in [0.15, 0.2) is 0 Å². The first-order valence-corrected chi connectivity index (χ1v) is 7.33. The highest BCUT2D eigenvalue weighted by atomic mass is 32.2. The van der Waals surface area contributed by atoms with Gasteiger partial charge in [-0.15, -0.1) is 0 Å². The molecule has 0 radical (unpaired) electrons. The topological polar surface area (TPSA) is 81.4 Å². The predicted molar refractivity (Wildman–Crippen MR) is 74.2 cm³/mol. The summed E-state index contributed by atoms with van der Waals surface area (Å²) in [6, 6.07) is 2.61. The van der Waals surface area contributed by atoms with E-state index in [4.69, 9.17) is 10.5 Å². The van der Waals surface area contributed by atoms with Crippen molar-refractivity contribution in [1.29, 1.82) is 0 Å². The van der Waals surface area contributed by atoms with Crippen molar-refractivity contribution in [2.24, 2.45) is 0 Å². The van der Waals surface area contributed by atoms with Gasteiger partial charge in [0.2, 0.25) is 5.91 Å². The van der Waals surface area contributed by atoms with E-state index in [2.05, 4.69) is 5.32 Å². The summed E-state index contributed by atoms with van der Waals surface area (Å²) in [4.78, 5) is 11.6. The van der Waals surface area contributed by atoms with Crippen molar-refractivity contribution in [1.82, 2.24) is 0 Å². The first kappa shape index (κ1) is 17.4. The number of alkyl halides is 3. The van der Waals surface area contributed by atoms with Crippen LogP contribution < -0.4 is 11.1 Å². The maximum absolute atomic E-state index is 12.5. The van der Waals surface area contributed by atoms with E-state index in [9.17, 15) is 22.2 Å². The van der Waals surface area contributed by atoms with Gasteiger partial charge in [-0.25, -0.2) is 0 Å². The molecule has 1 atom stereocenters. The minimum absolute atomic E-state index is 0.0525. The van der Waals surface area contributed by atoms with Gasteiger partial charge in [-0.3, -0.25) is 9.00 Å². The Bertz CT molecular complexity index is 535. The molecule has 1 amide bonds. The lowest BCUT2D eigenvalue weighted by atomic mass is 10.1. The van der Waals surface area contributed by atoms with Gasteiger partial charge in [0, 0.05) is 23.7 Å². The van der Waals surface area contributed by atoms with Crippen LogP contribution in [0.15, 0.2) is 18.2 Å². The molecule has 21 heavy (non-hydrogen) atoms. The molecule has 9 heteroatoms. The molecule has 0 spiro atoms. The Balaban J connectivity index is 2.67. The van der Waals surface area contributed by atoms with Gasteiger partial charge in [0.05, 0.1) is 23.5 Å². The number of hydrogen-bond donors (Lipinski definition) is 2. The number of nitrogens with two attached hydrogens (primary N) is 1. The summed E-state index contributed by atoms with van der Waals surface area (Å²) >= 11 is 0. The monoisotopic (exact) mass is 324 g/mol. The zero-order valence-corrected chi connectivity index (χ0v) is 12.0. The molecule has 3 N–H and O–H groups in total. The first-order chi connectivity index (χ1) is 9.74. The Labute approximate surface area is 122 Å². The normalized spacial score (nSPS) is 13.0. The zero-order chi connectivity index (χ0) is 16.0. The van der Waals surface area contributed by atoms with Crippen molar-refractivity contribution < 1.29 is 26.9 Å². The Morgan fingerprint density at radius 1 is 1.43 bits per heavy atom. The van der Waals surface area contributed by atoms with Crippen LogP contribution in [0.4, 0.5) is 24.5 Å². The number of halogens is 3. The molecule has 0 aromatic heterocycles. The van der Waals surface area contributed by atoms with Gasteiger partial charge in [0.1, 0.15) is 5.75 Å². The zero-order valence-electron chi connectivity index (χ0n) is 11.2. The molecule has 0 aliphatic heterocycles. The maximum Gasteiger partial charge on any atom is 0.416 e. The number of rotatable bonds is 6. The second-order valence-electron chi connectivity index (χ2n) is 4.13. The first-order valence-electron chi connectivity index (χ1n) is 5.84. The largest absolute Gasteiger partial charge is 0.416 e. The fourth-order valence-corrected chi connectivity index (χ4v) is 2.30. The van der Waals surface area contributed by atoms with Crippen molar-refractivity contribution in [2.75, 3.05) is 36.3 Å². The van der Waals surface area contributed by atoms with E-state index >= 15 is 0 Å². The average Bonchev–Trinajstić information content (AvgIpc) is 2.37. The van der Waals surface area contributed by atoms with Gasteiger partial charge >= 0.3 is 6.18 Å². The smallest absolute Gasteiger partial charge is 0.397 e. The van der Waals surface area contributed by atoms with Crippen LogP contribution in [0.2, 0.25) is 0 Å². The number of nitrogen functional groups attached to an aromatic ring is 1. The number of ether oxygens (including phenoxy) is 1. The lowest BCUT2D eigenvalue weighted by Gasteiger charge is -2.11. The fourth-order valence-electron chi connectivity index (χ4n) is 1.43. The van der Waals surface area contributed by atoms with Gasteiger partial charge in [-0.05, 0) is 18.2 Å². The summed E-state index contributed by atoms with van der Waals surface area (Å²) in [6.07, 6.45) is -4.50. The molecule has 0 bridgehead atoms.